The summed E-state index contributed by atoms with van der Waals surface area (Å²) in [5.74, 6) is 2.35. The normalized spacial score (nSPS) is 14.8. The summed E-state index contributed by atoms with van der Waals surface area (Å²) in [4.78, 5) is 8.80. The second-order valence-electron chi connectivity index (χ2n) is 5.47. The molecular weight excluding hydrogens is 276 g/mol. The Balaban J connectivity index is 1.64. The highest BCUT2D eigenvalue weighted by Gasteiger charge is 2.15. The van der Waals surface area contributed by atoms with Gasteiger partial charge in [-0.15, -0.1) is 0 Å². The third-order valence-electron chi connectivity index (χ3n) is 3.78. The van der Waals surface area contributed by atoms with E-state index in [1.54, 1.807) is 6.20 Å². The molecule has 1 aromatic carbocycles. The molecule has 5 heteroatoms. The lowest BCUT2D eigenvalue weighted by Crippen LogP contribution is -2.15. The molecule has 0 spiro atoms. The summed E-state index contributed by atoms with van der Waals surface area (Å²) in [7, 11) is 0. The molecule has 0 amide bonds. The number of hydrogen-bond acceptors (Lipinski definition) is 5. The van der Waals surface area contributed by atoms with Crippen molar-refractivity contribution in [3.8, 4) is 5.75 Å². The molecule has 1 aromatic heterocycles. The Hall–Kier alpha value is -2.30. The van der Waals surface area contributed by atoms with Crippen LogP contribution in [0.2, 0.25) is 0 Å². The fourth-order valence-corrected chi connectivity index (χ4v) is 2.71. The van der Waals surface area contributed by atoms with Gasteiger partial charge in [-0.3, -0.25) is 0 Å². The highest BCUT2D eigenvalue weighted by atomic mass is 16.5. The van der Waals surface area contributed by atoms with Gasteiger partial charge in [-0.2, -0.15) is 4.98 Å². The second kappa shape index (κ2) is 7.11. The molecular formula is C17H22N4O. The number of rotatable bonds is 6. The number of ether oxygens (including phenoxy) is 1. The molecule has 1 fully saturated rings. The van der Waals surface area contributed by atoms with Crippen molar-refractivity contribution in [1.29, 1.82) is 0 Å². The topological polar surface area (TPSA) is 59.1 Å². The fraction of sp³-hybridized carbons (Fsp3) is 0.412. The van der Waals surface area contributed by atoms with Gasteiger partial charge in [0, 0.05) is 17.9 Å². The molecule has 3 rings (SSSR count). The molecule has 0 bridgehead atoms. The summed E-state index contributed by atoms with van der Waals surface area (Å²) in [6.45, 7) is 2.65. The van der Waals surface area contributed by atoms with E-state index in [9.17, 15) is 0 Å². The minimum atomic E-state index is 0.549. The molecule has 1 saturated carbocycles. The lowest BCUT2D eigenvalue weighted by molar-refractivity contribution is 0.340. The molecule has 2 aromatic rings. The summed E-state index contributed by atoms with van der Waals surface area (Å²) >= 11 is 0. The molecule has 0 aliphatic heterocycles. The Morgan fingerprint density at radius 3 is 2.64 bits per heavy atom. The number of nitrogens with zero attached hydrogens (tertiary/aromatic N) is 2. The Morgan fingerprint density at radius 2 is 1.91 bits per heavy atom. The summed E-state index contributed by atoms with van der Waals surface area (Å²) in [6.07, 6.45) is 6.85. The highest BCUT2D eigenvalue weighted by Crippen LogP contribution is 2.22. The van der Waals surface area contributed by atoms with E-state index in [0.29, 0.717) is 18.6 Å². The van der Waals surface area contributed by atoms with E-state index in [2.05, 4.69) is 20.6 Å². The molecule has 0 unspecified atom stereocenters. The van der Waals surface area contributed by atoms with E-state index in [0.717, 1.165) is 17.3 Å². The van der Waals surface area contributed by atoms with E-state index in [1.807, 2.05) is 37.3 Å². The summed E-state index contributed by atoms with van der Waals surface area (Å²) in [5, 5.41) is 6.70. The largest absolute Gasteiger partial charge is 0.494 e. The zero-order valence-electron chi connectivity index (χ0n) is 12.9. The van der Waals surface area contributed by atoms with Gasteiger partial charge < -0.3 is 15.4 Å². The maximum absolute atomic E-state index is 5.44. The van der Waals surface area contributed by atoms with Gasteiger partial charge in [-0.25, -0.2) is 4.98 Å². The summed E-state index contributed by atoms with van der Waals surface area (Å²) < 4.78 is 5.44. The van der Waals surface area contributed by atoms with Crippen LogP contribution in [0.5, 0.6) is 5.75 Å². The zero-order valence-corrected chi connectivity index (χ0v) is 12.9. The smallest absolute Gasteiger partial charge is 0.229 e. The molecule has 1 aliphatic carbocycles. The monoisotopic (exact) mass is 298 g/mol. The number of anilines is 3. The van der Waals surface area contributed by atoms with Crippen LogP contribution < -0.4 is 15.4 Å². The SMILES string of the molecule is CCOc1ccc(Nc2nccc(NC3CCCC3)n2)cc1. The Kier molecular flexibility index (Phi) is 4.73. The van der Waals surface area contributed by atoms with Crippen LogP contribution in [0.3, 0.4) is 0 Å². The molecule has 5 nitrogen and oxygen atoms in total. The van der Waals surface area contributed by atoms with Crippen LogP contribution in [0.1, 0.15) is 32.6 Å². The van der Waals surface area contributed by atoms with Crippen molar-refractivity contribution in [3.05, 3.63) is 36.5 Å². The highest BCUT2D eigenvalue weighted by molar-refractivity contribution is 5.55. The van der Waals surface area contributed by atoms with Crippen molar-refractivity contribution in [3.63, 3.8) is 0 Å². The van der Waals surface area contributed by atoms with Crippen molar-refractivity contribution in [2.75, 3.05) is 17.2 Å². The van der Waals surface area contributed by atoms with Crippen molar-refractivity contribution < 1.29 is 4.74 Å². The minimum Gasteiger partial charge on any atom is -0.494 e. The number of nitrogens with one attached hydrogen (secondary N) is 2. The lowest BCUT2D eigenvalue weighted by Gasteiger charge is -2.13. The molecule has 1 aliphatic rings. The Labute approximate surface area is 131 Å². The van der Waals surface area contributed by atoms with E-state index < -0.39 is 0 Å². The first-order valence-corrected chi connectivity index (χ1v) is 7.93. The summed E-state index contributed by atoms with van der Waals surface area (Å²) in [6, 6.07) is 10.3. The van der Waals surface area contributed by atoms with Crippen LogP contribution in [0.4, 0.5) is 17.5 Å². The van der Waals surface area contributed by atoms with Crippen LogP contribution in [-0.2, 0) is 0 Å². The van der Waals surface area contributed by atoms with Crippen LogP contribution in [0.15, 0.2) is 36.5 Å². The van der Waals surface area contributed by atoms with Gasteiger partial charge in [-0.05, 0) is 50.1 Å². The predicted molar refractivity (Wildman–Crippen MR) is 88.8 cm³/mol. The number of aromatic nitrogens is 2. The Morgan fingerprint density at radius 1 is 1.14 bits per heavy atom. The number of hydrogen-bond donors (Lipinski definition) is 2. The summed E-state index contributed by atoms with van der Waals surface area (Å²) in [5.41, 5.74) is 0.946. The molecule has 1 heterocycles. The van der Waals surface area contributed by atoms with Gasteiger partial charge in [0.25, 0.3) is 0 Å². The fourth-order valence-electron chi connectivity index (χ4n) is 2.71. The van der Waals surface area contributed by atoms with Gasteiger partial charge in [-0.1, -0.05) is 12.8 Å². The minimum absolute atomic E-state index is 0.549. The first kappa shape index (κ1) is 14.6. The maximum Gasteiger partial charge on any atom is 0.229 e. The average molecular weight is 298 g/mol. The quantitative estimate of drug-likeness (QED) is 0.845. The van der Waals surface area contributed by atoms with Gasteiger partial charge in [0.2, 0.25) is 5.95 Å². The van der Waals surface area contributed by atoms with Gasteiger partial charge >= 0.3 is 0 Å². The molecule has 2 N–H and O–H groups in total. The molecule has 116 valence electrons. The van der Waals surface area contributed by atoms with Crippen molar-refractivity contribution in [2.45, 2.75) is 38.6 Å². The zero-order chi connectivity index (χ0) is 15.2. The van der Waals surface area contributed by atoms with Gasteiger partial charge in [0.05, 0.1) is 6.61 Å². The Bertz CT molecular complexity index is 594. The van der Waals surface area contributed by atoms with Gasteiger partial charge in [0.1, 0.15) is 11.6 Å². The van der Waals surface area contributed by atoms with Crippen LogP contribution in [0, 0.1) is 0 Å². The molecule has 0 saturated heterocycles. The molecule has 22 heavy (non-hydrogen) atoms. The number of benzene rings is 1. The van der Waals surface area contributed by atoms with Crippen molar-refractivity contribution in [1.82, 2.24) is 9.97 Å². The first-order chi connectivity index (χ1) is 10.8. The van der Waals surface area contributed by atoms with Gasteiger partial charge in [0.15, 0.2) is 0 Å². The third-order valence-corrected chi connectivity index (χ3v) is 3.78. The van der Waals surface area contributed by atoms with Crippen LogP contribution in [0.25, 0.3) is 0 Å². The molecule has 0 radical (unpaired) electrons. The molecule has 0 atom stereocenters. The maximum atomic E-state index is 5.44. The third kappa shape index (κ3) is 3.87. The van der Waals surface area contributed by atoms with Crippen molar-refractivity contribution >= 4 is 17.5 Å². The predicted octanol–water partition coefficient (Wildman–Crippen LogP) is 3.97. The van der Waals surface area contributed by atoms with Crippen molar-refractivity contribution in [2.24, 2.45) is 0 Å². The second-order valence-corrected chi connectivity index (χ2v) is 5.47. The van der Waals surface area contributed by atoms with E-state index in [1.165, 1.54) is 25.7 Å². The standard InChI is InChI=1S/C17H22N4O/c1-2-22-15-9-7-14(8-10-15)20-17-18-12-11-16(21-17)19-13-5-3-4-6-13/h7-13H,2-6H2,1H3,(H2,18,19,20,21). The van der Waals surface area contributed by atoms with E-state index in [-0.39, 0.29) is 0 Å². The first-order valence-electron chi connectivity index (χ1n) is 7.93. The average Bonchev–Trinajstić information content (AvgIpc) is 3.03. The van der Waals surface area contributed by atoms with Crippen LogP contribution >= 0.6 is 0 Å². The van der Waals surface area contributed by atoms with E-state index in [4.69, 9.17) is 4.74 Å². The van der Waals surface area contributed by atoms with E-state index >= 15 is 0 Å². The van der Waals surface area contributed by atoms with Crippen LogP contribution in [-0.4, -0.2) is 22.6 Å². The lowest BCUT2D eigenvalue weighted by atomic mass is 10.2.